The number of hydrogen-bond acceptors (Lipinski definition) is 1. The number of rotatable bonds is 2. The van der Waals surface area contributed by atoms with Gasteiger partial charge in [-0.2, -0.15) is 13.2 Å². The molecule has 0 spiro atoms. The van der Waals surface area contributed by atoms with Crippen molar-refractivity contribution < 1.29 is 13.2 Å². The van der Waals surface area contributed by atoms with Gasteiger partial charge in [0.25, 0.3) is 0 Å². The van der Waals surface area contributed by atoms with Crippen LogP contribution in [0.5, 0.6) is 0 Å². The van der Waals surface area contributed by atoms with Crippen molar-refractivity contribution in [2.24, 2.45) is 0 Å². The van der Waals surface area contributed by atoms with Gasteiger partial charge >= 0.3 is 6.18 Å². The molecule has 0 saturated carbocycles. The lowest BCUT2D eigenvalue weighted by molar-refractivity contribution is -0.136. The van der Waals surface area contributed by atoms with Crippen LogP contribution in [0.15, 0.2) is 48.7 Å². The van der Waals surface area contributed by atoms with Crippen molar-refractivity contribution >= 4 is 5.65 Å². The van der Waals surface area contributed by atoms with E-state index in [1.54, 1.807) is 6.20 Å². The third-order valence-corrected chi connectivity index (χ3v) is 3.44. The Morgan fingerprint density at radius 1 is 1.05 bits per heavy atom. The van der Waals surface area contributed by atoms with Gasteiger partial charge in [-0.25, -0.2) is 4.98 Å². The maximum absolute atomic E-state index is 13.1. The zero-order chi connectivity index (χ0) is 15.0. The highest BCUT2D eigenvalue weighted by molar-refractivity contribution is 5.68. The molecule has 0 atom stereocenters. The summed E-state index contributed by atoms with van der Waals surface area (Å²) < 4.78 is 40.9. The van der Waals surface area contributed by atoms with Crippen molar-refractivity contribution in [2.45, 2.75) is 19.5 Å². The normalized spacial score (nSPS) is 12.0. The van der Waals surface area contributed by atoms with Gasteiger partial charge in [0.15, 0.2) is 0 Å². The lowest BCUT2D eigenvalue weighted by Crippen LogP contribution is -2.07. The van der Waals surface area contributed by atoms with E-state index in [9.17, 15) is 13.2 Å². The van der Waals surface area contributed by atoms with Crippen molar-refractivity contribution in [3.8, 4) is 11.3 Å². The Balaban J connectivity index is 2.33. The van der Waals surface area contributed by atoms with Crippen LogP contribution in [-0.2, 0) is 12.6 Å². The number of benzene rings is 1. The zero-order valence-corrected chi connectivity index (χ0v) is 11.4. The molecule has 1 aromatic carbocycles. The van der Waals surface area contributed by atoms with Gasteiger partial charge < -0.3 is 4.40 Å². The number of halogens is 3. The first-order valence-corrected chi connectivity index (χ1v) is 6.65. The summed E-state index contributed by atoms with van der Waals surface area (Å²) in [5.74, 6) is 0. The van der Waals surface area contributed by atoms with Gasteiger partial charge in [0, 0.05) is 11.8 Å². The predicted molar refractivity (Wildman–Crippen MR) is 75.0 cm³/mol. The highest BCUT2D eigenvalue weighted by Crippen LogP contribution is 2.34. The van der Waals surface area contributed by atoms with Crippen LogP contribution >= 0.6 is 0 Å². The molecule has 0 aliphatic rings. The molecule has 0 unspecified atom stereocenters. The average Bonchev–Trinajstić information content (AvgIpc) is 2.85. The summed E-state index contributed by atoms with van der Waals surface area (Å²) >= 11 is 0. The Bertz CT molecular complexity index is 773. The van der Waals surface area contributed by atoms with Gasteiger partial charge in [-0.15, -0.1) is 0 Å². The average molecular weight is 290 g/mol. The molecule has 0 aliphatic heterocycles. The van der Waals surface area contributed by atoms with Crippen LogP contribution in [0.4, 0.5) is 13.2 Å². The largest absolute Gasteiger partial charge is 0.419 e. The number of alkyl halides is 3. The molecule has 5 heteroatoms. The summed E-state index contributed by atoms with van der Waals surface area (Å²) in [4.78, 5) is 4.26. The molecule has 0 saturated heterocycles. The van der Waals surface area contributed by atoms with Gasteiger partial charge in [-0.3, -0.25) is 0 Å². The van der Waals surface area contributed by atoms with Crippen molar-refractivity contribution in [2.75, 3.05) is 0 Å². The minimum atomic E-state index is -4.41. The summed E-state index contributed by atoms with van der Waals surface area (Å²) in [5.41, 5.74) is 1.46. The molecule has 0 bridgehead atoms. The minimum Gasteiger partial charge on any atom is -0.303 e. The summed E-state index contributed by atoms with van der Waals surface area (Å²) in [7, 11) is 0. The Labute approximate surface area is 119 Å². The third-order valence-electron chi connectivity index (χ3n) is 3.44. The number of aryl methyl sites for hydroxylation is 1. The van der Waals surface area contributed by atoms with Crippen LogP contribution in [-0.4, -0.2) is 9.38 Å². The number of pyridine rings is 1. The van der Waals surface area contributed by atoms with Gasteiger partial charge in [-0.05, 0) is 18.6 Å². The number of aromatic nitrogens is 2. The first kappa shape index (κ1) is 13.7. The molecule has 0 radical (unpaired) electrons. The molecule has 3 aromatic rings. The van der Waals surface area contributed by atoms with E-state index in [4.69, 9.17) is 0 Å². The molecule has 0 aliphatic carbocycles. The zero-order valence-electron chi connectivity index (χ0n) is 11.4. The van der Waals surface area contributed by atoms with E-state index >= 15 is 0 Å². The summed E-state index contributed by atoms with van der Waals surface area (Å²) in [6.07, 6.45) is -2.18. The monoisotopic (exact) mass is 290 g/mol. The SMILES string of the molecule is CCc1c(-c2ccccc2)nc2c(C(F)(F)F)cccn12. The molecule has 3 rings (SSSR count). The number of imidazole rings is 1. The molecule has 0 amide bonds. The first-order valence-electron chi connectivity index (χ1n) is 6.65. The lowest BCUT2D eigenvalue weighted by Gasteiger charge is -2.08. The Morgan fingerprint density at radius 2 is 1.76 bits per heavy atom. The van der Waals surface area contributed by atoms with Crippen molar-refractivity contribution in [3.63, 3.8) is 0 Å². The minimum absolute atomic E-state index is 0.0410. The second kappa shape index (κ2) is 4.91. The molecular weight excluding hydrogens is 277 g/mol. The van der Waals surface area contributed by atoms with Crippen LogP contribution in [0, 0.1) is 0 Å². The van der Waals surface area contributed by atoms with Crippen molar-refractivity contribution in [1.82, 2.24) is 9.38 Å². The first-order chi connectivity index (χ1) is 10.0. The molecule has 0 N–H and O–H groups in total. The van der Waals surface area contributed by atoms with Crippen LogP contribution in [0.1, 0.15) is 18.2 Å². The van der Waals surface area contributed by atoms with E-state index in [-0.39, 0.29) is 5.65 Å². The fourth-order valence-electron chi connectivity index (χ4n) is 2.50. The number of fused-ring (bicyclic) bond motifs is 1. The smallest absolute Gasteiger partial charge is 0.303 e. The Morgan fingerprint density at radius 3 is 2.38 bits per heavy atom. The van der Waals surface area contributed by atoms with E-state index in [0.29, 0.717) is 12.1 Å². The topological polar surface area (TPSA) is 17.3 Å². The highest BCUT2D eigenvalue weighted by Gasteiger charge is 2.34. The van der Waals surface area contributed by atoms with E-state index in [0.717, 1.165) is 17.3 Å². The van der Waals surface area contributed by atoms with Crippen LogP contribution in [0.2, 0.25) is 0 Å². The van der Waals surface area contributed by atoms with Crippen LogP contribution < -0.4 is 0 Å². The van der Waals surface area contributed by atoms with E-state index in [1.807, 2.05) is 37.3 Å². The summed E-state index contributed by atoms with van der Waals surface area (Å²) in [5, 5.41) is 0. The molecule has 108 valence electrons. The quantitative estimate of drug-likeness (QED) is 0.675. The maximum Gasteiger partial charge on any atom is 0.419 e. The van der Waals surface area contributed by atoms with Crippen molar-refractivity contribution in [1.29, 1.82) is 0 Å². The maximum atomic E-state index is 13.1. The standard InChI is InChI=1S/C16H13F3N2/c1-2-13-14(11-7-4-3-5-8-11)20-15-12(16(17,18)19)9-6-10-21(13)15/h3-10H,2H2,1H3. The highest BCUT2D eigenvalue weighted by atomic mass is 19.4. The van der Waals surface area contributed by atoms with Crippen molar-refractivity contribution in [3.05, 3.63) is 59.9 Å². The molecule has 2 nitrogen and oxygen atoms in total. The molecular formula is C16H13F3N2. The lowest BCUT2D eigenvalue weighted by atomic mass is 10.1. The number of hydrogen-bond donors (Lipinski definition) is 0. The third kappa shape index (κ3) is 2.28. The second-order valence-electron chi connectivity index (χ2n) is 4.74. The van der Waals surface area contributed by atoms with Gasteiger partial charge in [0.2, 0.25) is 0 Å². The van der Waals surface area contributed by atoms with Crippen LogP contribution in [0.25, 0.3) is 16.9 Å². The van der Waals surface area contributed by atoms with E-state index < -0.39 is 11.7 Å². The Kier molecular flexibility index (Phi) is 3.20. The summed E-state index contributed by atoms with van der Waals surface area (Å²) in [6.45, 7) is 1.91. The molecule has 2 heterocycles. The molecule has 21 heavy (non-hydrogen) atoms. The van der Waals surface area contributed by atoms with Crippen LogP contribution in [0.3, 0.4) is 0 Å². The van der Waals surface area contributed by atoms with E-state index in [1.165, 1.54) is 10.5 Å². The molecule has 2 aromatic heterocycles. The second-order valence-corrected chi connectivity index (χ2v) is 4.74. The van der Waals surface area contributed by atoms with Gasteiger partial charge in [-0.1, -0.05) is 37.3 Å². The van der Waals surface area contributed by atoms with Gasteiger partial charge in [0.1, 0.15) is 5.65 Å². The van der Waals surface area contributed by atoms with E-state index in [2.05, 4.69) is 4.98 Å². The fourth-order valence-corrected chi connectivity index (χ4v) is 2.50. The number of nitrogens with zero attached hydrogens (tertiary/aromatic N) is 2. The summed E-state index contributed by atoms with van der Waals surface area (Å²) in [6, 6.07) is 11.8. The van der Waals surface area contributed by atoms with Gasteiger partial charge in [0.05, 0.1) is 17.0 Å². The Hall–Kier alpha value is -2.30. The fraction of sp³-hybridized carbons (Fsp3) is 0.188. The molecule has 0 fully saturated rings. The predicted octanol–water partition coefficient (Wildman–Crippen LogP) is 4.58.